The first-order chi connectivity index (χ1) is 10.0. The van der Waals surface area contributed by atoms with Gasteiger partial charge in [0.1, 0.15) is 11.4 Å². The second-order valence-corrected chi connectivity index (χ2v) is 6.78. The Hall–Kier alpha value is -1.94. The number of hydrogen-bond donors (Lipinski definition) is 0. The van der Waals surface area contributed by atoms with E-state index in [9.17, 15) is 4.79 Å². The maximum atomic E-state index is 11.6. The molecule has 0 aliphatic rings. The zero-order chi connectivity index (χ0) is 15.1. The minimum atomic E-state index is 0.500. The highest BCUT2D eigenvalue weighted by molar-refractivity contribution is 7.17. The molecule has 0 N–H and O–H groups in total. The van der Waals surface area contributed by atoms with Crippen LogP contribution in [0.2, 0.25) is 0 Å². The highest BCUT2D eigenvalue weighted by Crippen LogP contribution is 2.30. The van der Waals surface area contributed by atoms with Crippen molar-refractivity contribution >= 4 is 22.6 Å². The number of thiazole rings is 1. The molecule has 108 valence electrons. The van der Waals surface area contributed by atoms with Crippen LogP contribution in [0.1, 0.15) is 46.4 Å². The van der Waals surface area contributed by atoms with Gasteiger partial charge in [0.2, 0.25) is 0 Å². The lowest BCUT2D eigenvalue weighted by molar-refractivity contribution is 0.111. The van der Waals surface area contributed by atoms with E-state index >= 15 is 0 Å². The Morgan fingerprint density at radius 2 is 1.86 bits per heavy atom. The van der Waals surface area contributed by atoms with Gasteiger partial charge in [-0.1, -0.05) is 38.1 Å². The lowest BCUT2D eigenvalue weighted by Gasteiger charge is -2.06. The van der Waals surface area contributed by atoms with Gasteiger partial charge in [-0.25, -0.2) is 4.98 Å². The van der Waals surface area contributed by atoms with Crippen molar-refractivity contribution in [1.82, 2.24) is 9.38 Å². The molecule has 0 aliphatic heterocycles. The maximum Gasteiger partial charge on any atom is 0.195 e. The normalized spacial score (nSPS) is 11.5. The summed E-state index contributed by atoms with van der Waals surface area (Å²) in [5, 5.41) is 0. The largest absolute Gasteiger partial charge is 0.296 e. The van der Waals surface area contributed by atoms with Crippen molar-refractivity contribution in [3.8, 4) is 11.3 Å². The molecule has 0 aliphatic carbocycles. The highest BCUT2D eigenvalue weighted by Gasteiger charge is 2.17. The molecule has 3 aromatic rings. The van der Waals surface area contributed by atoms with Crippen LogP contribution in [-0.2, 0) is 0 Å². The van der Waals surface area contributed by atoms with Crippen LogP contribution in [-0.4, -0.2) is 15.7 Å². The van der Waals surface area contributed by atoms with Gasteiger partial charge in [-0.05, 0) is 25.3 Å². The van der Waals surface area contributed by atoms with Gasteiger partial charge in [-0.3, -0.25) is 9.20 Å². The van der Waals surface area contributed by atoms with Gasteiger partial charge >= 0.3 is 0 Å². The average Bonchev–Trinajstić information content (AvgIpc) is 2.96. The number of aldehydes is 1. The molecular weight excluding hydrogens is 280 g/mol. The molecule has 0 amide bonds. The van der Waals surface area contributed by atoms with Gasteiger partial charge in [0.05, 0.1) is 0 Å². The maximum absolute atomic E-state index is 11.6. The molecule has 3 rings (SSSR count). The minimum Gasteiger partial charge on any atom is -0.296 e. The summed E-state index contributed by atoms with van der Waals surface area (Å²) in [7, 11) is 0. The van der Waals surface area contributed by atoms with Gasteiger partial charge in [-0.15, -0.1) is 11.3 Å². The highest BCUT2D eigenvalue weighted by atomic mass is 32.1. The van der Waals surface area contributed by atoms with Crippen LogP contribution in [0, 0.1) is 13.8 Å². The van der Waals surface area contributed by atoms with Gasteiger partial charge < -0.3 is 0 Å². The minimum absolute atomic E-state index is 0.500. The number of nitrogens with zero attached hydrogens (tertiary/aromatic N) is 2. The summed E-state index contributed by atoms with van der Waals surface area (Å²) < 4.78 is 1.96. The van der Waals surface area contributed by atoms with Crippen LogP contribution in [0.15, 0.2) is 24.3 Å². The third kappa shape index (κ3) is 2.20. The summed E-state index contributed by atoms with van der Waals surface area (Å²) in [5.74, 6) is 0.500. The Morgan fingerprint density at radius 3 is 2.43 bits per heavy atom. The number of carbonyl (C=O) groups is 1. The van der Waals surface area contributed by atoms with Crippen molar-refractivity contribution in [3.05, 3.63) is 46.1 Å². The zero-order valence-corrected chi connectivity index (χ0v) is 13.5. The van der Waals surface area contributed by atoms with E-state index in [-0.39, 0.29) is 0 Å². The quantitative estimate of drug-likeness (QED) is 0.661. The lowest BCUT2D eigenvalue weighted by Crippen LogP contribution is -1.94. The summed E-state index contributed by atoms with van der Waals surface area (Å²) in [4.78, 5) is 18.3. The molecule has 0 spiro atoms. The predicted molar refractivity (Wildman–Crippen MR) is 87.5 cm³/mol. The molecule has 0 fully saturated rings. The Kier molecular flexibility index (Phi) is 3.41. The standard InChI is InChI=1S/C17H18N2OS/c1-10(2)13-5-7-14(8-6-13)16-15(9-20)19-11(3)12(4)21-17(19)18-16/h5-10H,1-4H3. The first-order valence-electron chi connectivity index (χ1n) is 7.07. The van der Waals surface area contributed by atoms with Crippen LogP contribution in [0.25, 0.3) is 16.2 Å². The molecule has 3 nitrogen and oxygen atoms in total. The molecule has 2 aromatic heterocycles. The average molecular weight is 298 g/mol. The summed E-state index contributed by atoms with van der Waals surface area (Å²) >= 11 is 1.62. The molecule has 0 saturated carbocycles. The van der Waals surface area contributed by atoms with Gasteiger partial charge in [0, 0.05) is 16.1 Å². The molecule has 0 saturated heterocycles. The van der Waals surface area contributed by atoms with Gasteiger partial charge in [-0.2, -0.15) is 0 Å². The van der Waals surface area contributed by atoms with Gasteiger partial charge in [0.25, 0.3) is 0 Å². The predicted octanol–water partition coefficient (Wildman–Crippen LogP) is 4.62. The molecule has 0 unspecified atom stereocenters. The van der Waals surface area contributed by atoms with E-state index in [4.69, 9.17) is 0 Å². The van der Waals surface area contributed by atoms with Crippen LogP contribution in [0.3, 0.4) is 0 Å². The topological polar surface area (TPSA) is 34.4 Å². The second-order valence-electron chi connectivity index (χ2n) is 5.60. The molecule has 21 heavy (non-hydrogen) atoms. The number of fused-ring (bicyclic) bond motifs is 1. The van der Waals surface area contributed by atoms with Crippen molar-refractivity contribution in [3.63, 3.8) is 0 Å². The molecular formula is C17H18N2OS. The summed E-state index contributed by atoms with van der Waals surface area (Å²) in [6, 6.07) is 8.33. The van der Waals surface area contributed by atoms with Crippen molar-refractivity contribution in [2.45, 2.75) is 33.6 Å². The summed E-state index contributed by atoms with van der Waals surface area (Å²) in [5.41, 5.74) is 4.79. The SMILES string of the molecule is Cc1sc2nc(-c3ccc(C(C)C)cc3)c(C=O)n2c1C. The van der Waals surface area contributed by atoms with Crippen LogP contribution >= 0.6 is 11.3 Å². The van der Waals surface area contributed by atoms with Crippen LogP contribution in [0.5, 0.6) is 0 Å². The van der Waals surface area contributed by atoms with E-state index in [0.29, 0.717) is 11.6 Å². The zero-order valence-electron chi connectivity index (χ0n) is 12.7. The lowest BCUT2D eigenvalue weighted by atomic mass is 10.0. The molecule has 1 aromatic carbocycles. The van der Waals surface area contributed by atoms with E-state index in [0.717, 1.165) is 28.2 Å². The number of aryl methyl sites for hydroxylation is 2. The molecule has 0 radical (unpaired) electrons. The number of imidazole rings is 1. The number of rotatable bonds is 3. The summed E-state index contributed by atoms with van der Waals surface area (Å²) in [6.45, 7) is 8.43. The first kappa shape index (κ1) is 14.0. The summed E-state index contributed by atoms with van der Waals surface area (Å²) in [6.07, 6.45) is 0.908. The molecule has 0 bridgehead atoms. The molecule has 2 heterocycles. The molecule has 4 heteroatoms. The number of aromatic nitrogens is 2. The second kappa shape index (κ2) is 5.11. The molecule has 0 atom stereocenters. The fourth-order valence-corrected chi connectivity index (χ4v) is 3.50. The smallest absolute Gasteiger partial charge is 0.195 e. The fourth-order valence-electron chi connectivity index (χ4n) is 2.52. The number of carbonyl (C=O) groups excluding carboxylic acids is 1. The number of hydrogen-bond acceptors (Lipinski definition) is 3. The Labute approximate surface area is 128 Å². The van der Waals surface area contributed by atoms with Crippen LogP contribution < -0.4 is 0 Å². The monoisotopic (exact) mass is 298 g/mol. The Bertz CT molecular complexity index is 810. The van der Waals surface area contributed by atoms with E-state index < -0.39 is 0 Å². The third-order valence-corrected chi connectivity index (χ3v) is 4.99. The van der Waals surface area contributed by atoms with Crippen molar-refractivity contribution in [2.75, 3.05) is 0 Å². The Balaban J connectivity index is 2.18. The third-order valence-electron chi connectivity index (χ3n) is 3.93. The van der Waals surface area contributed by atoms with Crippen molar-refractivity contribution < 1.29 is 4.79 Å². The van der Waals surface area contributed by atoms with E-state index in [2.05, 4.69) is 50.0 Å². The van der Waals surface area contributed by atoms with E-state index in [1.807, 2.05) is 11.3 Å². The van der Waals surface area contributed by atoms with E-state index in [1.54, 1.807) is 11.3 Å². The Morgan fingerprint density at radius 1 is 1.19 bits per heavy atom. The van der Waals surface area contributed by atoms with E-state index in [1.165, 1.54) is 10.4 Å². The van der Waals surface area contributed by atoms with Gasteiger partial charge in [0.15, 0.2) is 11.2 Å². The van der Waals surface area contributed by atoms with Crippen molar-refractivity contribution in [2.24, 2.45) is 0 Å². The number of benzene rings is 1. The van der Waals surface area contributed by atoms with Crippen LogP contribution in [0.4, 0.5) is 0 Å². The fraction of sp³-hybridized carbons (Fsp3) is 0.294. The van der Waals surface area contributed by atoms with Crippen molar-refractivity contribution in [1.29, 1.82) is 0 Å². The first-order valence-corrected chi connectivity index (χ1v) is 7.88.